The minimum Gasteiger partial charge on any atom is -0.369 e. The van der Waals surface area contributed by atoms with E-state index in [1.54, 1.807) is 0 Å². The van der Waals surface area contributed by atoms with Gasteiger partial charge >= 0.3 is 0 Å². The second kappa shape index (κ2) is 5.63. The van der Waals surface area contributed by atoms with Gasteiger partial charge in [-0.3, -0.25) is 0 Å². The molecule has 0 radical (unpaired) electrons. The maximum atomic E-state index is 5.84. The van der Waals surface area contributed by atoms with Crippen LogP contribution in [0.15, 0.2) is 10.6 Å². The second-order valence-electron chi connectivity index (χ2n) is 6.27. The number of hydrogen-bond donors (Lipinski definition) is 1. The van der Waals surface area contributed by atoms with Gasteiger partial charge in [0.05, 0.1) is 12.3 Å². The summed E-state index contributed by atoms with van der Waals surface area (Å²) in [6.07, 6.45) is 7.10. The molecule has 0 unspecified atom stereocenters. The molecule has 1 aliphatic heterocycles. The fraction of sp³-hybridized carbons (Fsp3) is 0.800. The van der Waals surface area contributed by atoms with E-state index in [0.717, 1.165) is 30.2 Å². The molecule has 1 aliphatic carbocycles. The molecule has 2 atom stereocenters. The minimum atomic E-state index is 0.0589. The Morgan fingerprint density at radius 3 is 2.63 bits per heavy atom. The van der Waals surface area contributed by atoms with Gasteiger partial charge in [0.1, 0.15) is 6.10 Å². The smallest absolute Gasteiger partial charge is 0.165 e. The molecular formula is C15H24N2O2. The van der Waals surface area contributed by atoms with Crippen LogP contribution in [0, 0.1) is 5.92 Å². The Bertz CT molecular complexity index is 366. The summed E-state index contributed by atoms with van der Waals surface area (Å²) < 4.78 is 11.2. The Hall–Kier alpha value is -0.870. The quantitative estimate of drug-likeness (QED) is 0.891. The molecule has 19 heavy (non-hydrogen) atoms. The predicted octanol–water partition coefficient (Wildman–Crippen LogP) is 3.15. The number of aromatic nitrogens is 1. The fourth-order valence-corrected chi connectivity index (χ4v) is 3.20. The highest BCUT2D eigenvalue weighted by molar-refractivity contribution is 5.13. The van der Waals surface area contributed by atoms with E-state index in [0.29, 0.717) is 12.5 Å². The van der Waals surface area contributed by atoms with E-state index in [-0.39, 0.29) is 12.1 Å². The standard InChI is InChI=1S/C15H24N2O2/c1-10-2-4-11(5-3-10)13-8-15(19-17-13)14-7-6-12(16)9-18-14/h8,10-12,14H,2-7,9,16H2,1H3/t10-,11-,12-,14+/m1/s1. The largest absolute Gasteiger partial charge is 0.369 e. The van der Waals surface area contributed by atoms with Crippen molar-refractivity contribution in [3.8, 4) is 0 Å². The first-order valence-electron chi connectivity index (χ1n) is 7.56. The van der Waals surface area contributed by atoms with Crippen molar-refractivity contribution in [3.05, 3.63) is 17.5 Å². The highest BCUT2D eigenvalue weighted by atomic mass is 16.5. The van der Waals surface area contributed by atoms with Crippen molar-refractivity contribution < 1.29 is 9.26 Å². The Kier molecular flexibility index (Phi) is 3.89. The van der Waals surface area contributed by atoms with Gasteiger partial charge in [-0.05, 0) is 31.6 Å². The van der Waals surface area contributed by atoms with Gasteiger partial charge < -0.3 is 15.0 Å². The molecule has 2 aliphatic rings. The van der Waals surface area contributed by atoms with Gasteiger partial charge in [-0.15, -0.1) is 0 Å². The summed E-state index contributed by atoms with van der Waals surface area (Å²) >= 11 is 0. The topological polar surface area (TPSA) is 61.3 Å². The molecule has 2 N–H and O–H groups in total. The lowest BCUT2D eigenvalue weighted by molar-refractivity contribution is -0.0111. The highest BCUT2D eigenvalue weighted by Gasteiger charge is 2.27. The molecule has 0 aromatic carbocycles. The molecule has 106 valence electrons. The van der Waals surface area contributed by atoms with E-state index in [9.17, 15) is 0 Å². The van der Waals surface area contributed by atoms with Crippen LogP contribution in [-0.2, 0) is 4.74 Å². The predicted molar refractivity (Wildman–Crippen MR) is 72.8 cm³/mol. The molecule has 1 saturated carbocycles. The Balaban J connectivity index is 1.63. The number of nitrogens with zero attached hydrogens (tertiary/aromatic N) is 1. The minimum absolute atomic E-state index is 0.0589. The van der Waals surface area contributed by atoms with E-state index < -0.39 is 0 Å². The molecule has 3 rings (SSSR count). The summed E-state index contributed by atoms with van der Waals surface area (Å²) in [5.41, 5.74) is 6.96. The summed E-state index contributed by atoms with van der Waals surface area (Å²) in [6, 6.07) is 2.29. The van der Waals surface area contributed by atoms with Gasteiger partial charge in [0, 0.05) is 18.0 Å². The number of hydrogen-bond acceptors (Lipinski definition) is 4. The average Bonchev–Trinajstić information content (AvgIpc) is 2.90. The van der Waals surface area contributed by atoms with E-state index >= 15 is 0 Å². The van der Waals surface area contributed by atoms with Gasteiger partial charge in [0.15, 0.2) is 5.76 Å². The molecular weight excluding hydrogens is 240 g/mol. The first kappa shape index (κ1) is 13.1. The molecule has 0 amide bonds. The molecule has 4 nitrogen and oxygen atoms in total. The van der Waals surface area contributed by atoms with Crippen LogP contribution in [0.5, 0.6) is 0 Å². The van der Waals surface area contributed by atoms with Gasteiger partial charge in [0.25, 0.3) is 0 Å². The Labute approximate surface area is 114 Å². The zero-order valence-electron chi connectivity index (χ0n) is 11.7. The van der Waals surface area contributed by atoms with Crippen LogP contribution < -0.4 is 5.73 Å². The monoisotopic (exact) mass is 264 g/mol. The highest BCUT2D eigenvalue weighted by Crippen LogP contribution is 2.36. The fourth-order valence-electron chi connectivity index (χ4n) is 3.20. The third-order valence-electron chi connectivity index (χ3n) is 4.61. The molecule has 4 heteroatoms. The third kappa shape index (κ3) is 3.00. The van der Waals surface area contributed by atoms with Crippen molar-refractivity contribution in [2.75, 3.05) is 6.61 Å². The second-order valence-corrected chi connectivity index (χ2v) is 6.27. The summed E-state index contributed by atoms with van der Waals surface area (Å²) in [5, 5.41) is 4.27. The Morgan fingerprint density at radius 1 is 1.16 bits per heavy atom. The van der Waals surface area contributed by atoms with Crippen molar-refractivity contribution in [2.24, 2.45) is 11.7 Å². The van der Waals surface area contributed by atoms with Crippen LogP contribution >= 0.6 is 0 Å². The average molecular weight is 264 g/mol. The molecule has 1 saturated heterocycles. The molecule has 2 fully saturated rings. The lowest BCUT2D eigenvalue weighted by Crippen LogP contribution is -2.32. The SMILES string of the molecule is C[C@H]1CC[C@H](c2cc([C@@H]3CC[C@@H](N)CO3)on2)CC1. The van der Waals surface area contributed by atoms with Gasteiger partial charge in [-0.1, -0.05) is 24.9 Å². The number of ether oxygens (including phenoxy) is 1. The summed E-state index contributed by atoms with van der Waals surface area (Å²) in [6.45, 7) is 2.96. The van der Waals surface area contributed by atoms with Crippen LogP contribution in [-0.4, -0.2) is 17.8 Å². The Morgan fingerprint density at radius 2 is 1.95 bits per heavy atom. The van der Waals surface area contributed by atoms with E-state index in [2.05, 4.69) is 18.1 Å². The van der Waals surface area contributed by atoms with Gasteiger partial charge in [0.2, 0.25) is 0 Å². The maximum Gasteiger partial charge on any atom is 0.165 e. The normalized spacial score (nSPS) is 36.3. The third-order valence-corrected chi connectivity index (χ3v) is 4.61. The van der Waals surface area contributed by atoms with Crippen LogP contribution in [0.1, 0.15) is 68.9 Å². The van der Waals surface area contributed by atoms with Crippen molar-refractivity contribution >= 4 is 0 Å². The molecule has 1 aromatic heterocycles. The summed E-state index contributed by atoms with van der Waals surface area (Å²) in [7, 11) is 0. The lowest BCUT2D eigenvalue weighted by atomic mass is 9.81. The van der Waals surface area contributed by atoms with E-state index in [1.807, 2.05) is 0 Å². The zero-order chi connectivity index (χ0) is 13.2. The lowest BCUT2D eigenvalue weighted by Gasteiger charge is -2.25. The maximum absolute atomic E-state index is 5.84. The number of nitrogens with two attached hydrogens (primary N) is 1. The van der Waals surface area contributed by atoms with Crippen molar-refractivity contribution in [3.63, 3.8) is 0 Å². The molecule has 0 bridgehead atoms. The van der Waals surface area contributed by atoms with Crippen LogP contribution in [0.3, 0.4) is 0 Å². The van der Waals surface area contributed by atoms with Crippen LogP contribution in [0.25, 0.3) is 0 Å². The molecule has 0 spiro atoms. The first-order valence-corrected chi connectivity index (χ1v) is 7.56. The van der Waals surface area contributed by atoms with Crippen molar-refractivity contribution in [2.45, 2.75) is 63.5 Å². The van der Waals surface area contributed by atoms with E-state index in [4.69, 9.17) is 15.0 Å². The number of rotatable bonds is 2. The van der Waals surface area contributed by atoms with Crippen molar-refractivity contribution in [1.29, 1.82) is 0 Å². The van der Waals surface area contributed by atoms with E-state index in [1.165, 1.54) is 25.7 Å². The van der Waals surface area contributed by atoms with Crippen LogP contribution in [0.4, 0.5) is 0 Å². The first-order chi connectivity index (χ1) is 9.22. The summed E-state index contributed by atoms with van der Waals surface area (Å²) in [4.78, 5) is 0. The van der Waals surface area contributed by atoms with Crippen molar-refractivity contribution in [1.82, 2.24) is 5.16 Å². The van der Waals surface area contributed by atoms with Gasteiger partial charge in [-0.2, -0.15) is 0 Å². The molecule has 2 heterocycles. The summed E-state index contributed by atoms with van der Waals surface area (Å²) in [5.74, 6) is 2.34. The zero-order valence-corrected chi connectivity index (χ0v) is 11.7. The van der Waals surface area contributed by atoms with Crippen LogP contribution in [0.2, 0.25) is 0 Å². The molecule has 1 aromatic rings. The van der Waals surface area contributed by atoms with Gasteiger partial charge in [-0.25, -0.2) is 0 Å².